The molecule has 0 saturated carbocycles. The van der Waals surface area contributed by atoms with Gasteiger partial charge in [0.2, 0.25) is 0 Å². The molecule has 1 aromatic carbocycles. The highest BCUT2D eigenvalue weighted by atomic mass is 19.3. The van der Waals surface area contributed by atoms with E-state index in [2.05, 4.69) is 5.32 Å². The normalized spacial score (nSPS) is 23.9. The Kier molecular flexibility index (Phi) is 1.92. The summed E-state index contributed by atoms with van der Waals surface area (Å²) in [6.07, 6.45) is 0. The molecule has 0 aliphatic carbocycles. The second kappa shape index (κ2) is 2.88. The Bertz CT molecular complexity index is 365. The second-order valence-electron chi connectivity index (χ2n) is 3.27. The molecule has 0 fully saturated rings. The summed E-state index contributed by atoms with van der Waals surface area (Å²) in [5.41, 5.74) is 4.74. The summed E-state index contributed by atoms with van der Waals surface area (Å²) in [5, 5.41) is 2.56. The minimum atomic E-state index is -3.16. The van der Waals surface area contributed by atoms with Gasteiger partial charge in [0.05, 0.1) is 11.7 Å². The number of hydrogen-bond acceptors (Lipinski definition) is 2. The van der Waals surface area contributed by atoms with Crippen molar-refractivity contribution in [2.45, 2.75) is 12.0 Å². The van der Waals surface area contributed by atoms with Crippen molar-refractivity contribution in [1.82, 2.24) is 0 Å². The molecule has 1 heterocycles. The highest BCUT2D eigenvalue weighted by molar-refractivity contribution is 5.57. The monoisotopic (exact) mass is 202 g/mol. The number of nitrogens with one attached hydrogen (secondary N) is 1. The topological polar surface area (TPSA) is 38.0 Å². The van der Waals surface area contributed by atoms with Crippen LogP contribution in [0.4, 0.5) is 18.9 Å². The van der Waals surface area contributed by atoms with Crippen molar-refractivity contribution in [3.8, 4) is 0 Å². The summed E-state index contributed by atoms with van der Waals surface area (Å²) in [7, 11) is 0. The number of anilines is 1. The summed E-state index contributed by atoms with van der Waals surface area (Å²) >= 11 is 0. The van der Waals surface area contributed by atoms with Crippen LogP contribution >= 0.6 is 0 Å². The average molecular weight is 202 g/mol. The van der Waals surface area contributed by atoms with Crippen LogP contribution in [0, 0.1) is 5.82 Å². The maximum atomic E-state index is 13.4. The number of alkyl halides is 2. The highest BCUT2D eigenvalue weighted by Gasteiger charge is 2.44. The Morgan fingerprint density at radius 2 is 2.14 bits per heavy atom. The number of rotatable bonds is 0. The van der Waals surface area contributed by atoms with Gasteiger partial charge in [-0.25, -0.2) is 4.39 Å². The Morgan fingerprint density at radius 3 is 2.86 bits per heavy atom. The Labute approximate surface area is 78.9 Å². The molecule has 1 aliphatic rings. The van der Waals surface area contributed by atoms with Crippen molar-refractivity contribution < 1.29 is 13.2 Å². The van der Waals surface area contributed by atoms with Crippen LogP contribution in [0.25, 0.3) is 0 Å². The zero-order chi connectivity index (χ0) is 10.3. The third-order valence-corrected chi connectivity index (χ3v) is 2.34. The maximum absolute atomic E-state index is 13.4. The molecule has 1 unspecified atom stereocenters. The third-order valence-electron chi connectivity index (χ3n) is 2.34. The van der Waals surface area contributed by atoms with Gasteiger partial charge in [0, 0.05) is 12.1 Å². The van der Waals surface area contributed by atoms with Crippen LogP contribution in [0.1, 0.15) is 5.56 Å². The number of nitrogens with two attached hydrogens (primary N) is 1. The molecule has 0 spiro atoms. The van der Waals surface area contributed by atoms with Crippen molar-refractivity contribution in [3.05, 3.63) is 29.6 Å². The summed E-state index contributed by atoms with van der Waals surface area (Å²) in [6.45, 7) is -0.124. The molecule has 76 valence electrons. The van der Waals surface area contributed by atoms with Gasteiger partial charge in [-0.2, -0.15) is 8.78 Å². The first kappa shape index (κ1) is 9.33. The first-order valence-corrected chi connectivity index (χ1v) is 4.19. The second-order valence-corrected chi connectivity index (χ2v) is 3.27. The molecule has 1 aromatic rings. The zero-order valence-electron chi connectivity index (χ0n) is 7.23. The molecule has 0 saturated heterocycles. The highest BCUT2D eigenvalue weighted by Crippen LogP contribution is 2.39. The molecule has 0 radical (unpaired) electrons. The van der Waals surface area contributed by atoms with Crippen LogP contribution in [-0.2, 0) is 5.92 Å². The van der Waals surface area contributed by atoms with Crippen LogP contribution in [0.2, 0.25) is 0 Å². The van der Waals surface area contributed by atoms with Crippen molar-refractivity contribution in [2.75, 3.05) is 11.9 Å². The van der Waals surface area contributed by atoms with Gasteiger partial charge >= 0.3 is 0 Å². The van der Waals surface area contributed by atoms with Gasteiger partial charge in [-0.3, -0.25) is 0 Å². The fraction of sp³-hybridized carbons (Fsp3) is 0.333. The smallest absolute Gasteiger partial charge is 0.291 e. The van der Waals surface area contributed by atoms with E-state index in [0.717, 1.165) is 6.07 Å². The predicted octanol–water partition coefficient (Wildman–Crippen LogP) is 1.67. The summed E-state index contributed by atoms with van der Waals surface area (Å²) in [5.74, 6) is -3.84. The summed E-state index contributed by atoms with van der Waals surface area (Å²) in [4.78, 5) is 0. The van der Waals surface area contributed by atoms with E-state index in [4.69, 9.17) is 5.73 Å². The fourth-order valence-corrected chi connectivity index (χ4v) is 1.52. The van der Waals surface area contributed by atoms with Crippen LogP contribution in [0.5, 0.6) is 0 Å². The molecule has 14 heavy (non-hydrogen) atoms. The van der Waals surface area contributed by atoms with Gasteiger partial charge in [0.1, 0.15) is 5.82 Å². The molecule has 0 bridgehead atoms. The summed E-state index contributed by atoms with van der Waals surface area (Å²) < 4.78 is 40.0. The number of para-hydroxylation sites is 1. The molecular formula is C9H9F3N2. The van der Waals surface area contributed by atoms with E-state index >= 15 is 0 Å². The van der Waals surface area contributed by atoms with Crippen molar-refractivity contribution in [3.63, 3.8) is 0 Å². The van der Waals surface area contributed by atoms with E-state index < -0.39 is 17.8 Å². The van der Waals surface area contributed by atoms with Gasteiger partial charge in [-0.05, 0) is 6.07 Å². The van der Waals surface area contributed by atoms with Crippen molar-refractivity contribution in [1.29, 1.82) is 0 Å². The van der Waals surface area contributed by atoms with Crippen LogP contribution in [0.15, 0.2) is 18.2 Å². The first-order valence-electron chi connectivity index (χ1n) is 4.19. The van der Waals surface area contributed by atoms with Crippen molar-refractivity contribution >= 4 is 5.69 Å². The van der Waals surface area contributed by atoms with Crippen LogP contribution in [0.3, 0.4) is 0 Å². The van der Waals surface area contributed by atoms with Gasteiger partial charge in [-0.1, -0.05) is 12.1 Å². The molecular weight excluding hydrogens is 193 g/mol. The zero-order valence-corrected chi connectivity index (χ0v) is 7.23. The minimum Gasteiger partial charge on any atom is -0.380 e. The lowest BCUT2D eigenvalue weighted by Crippen LogP contribution is -2.47. The molecule has 5 heteroatoms. The summed E-state index contributed by atoms with van der Waals surface area (Å²) in [6, 6.07) is 2.27. The Morgan fingerprint density at radius 1 is 1.43 bits per heavy atom. The molecule has 0 aromatic heterocycles. The quantitative estimate of drug-likeness (QED) is 0.671. The van der Waals surface area contributed by atoms with E-state index in [1.54, 1.807) is 0 Å². The van der Waals surface area contributed by atoms with Crippen LogP contribution < -0.4 is 11.1 Å². The molecule has 3 N–H and O–H groups in total. The SMILES string of the molecule is NC1CNc2c(F)cccc2C1(F)F. The van der Waals surface area contributed by atoms with E-state index in [-0.39, 0.29) is 17.8 Å². The van der Waals surface area contributed by atoms with Crippen LogP contribution in [-0.4, -0.2) is 12.6 Å². The number of benzene rings is 1. The lowest BCUT2D eigenvalue weighted by molar-refractivity contribution is -0.0303. The fourth-order valence-electron chi connectivity index (χ4n) is 1.52. The molecule has 0 amide bonds. The number of fused-ring (bicyclic) bond motifs is 1. The lowest BCUT2D eigenvalue weighted by atomic mass is 9.95. The van der Waals surface area contributed by atoms with Gasteiger partial charge in [-0.15, -0.1) is 0 Å². The van der Waals surface area contributed by atoms with E-state index in [9.17, 15) is 13.2 Å². The molecule has 1 atom stereocenters. The molecule has 2 rings (SSSR count). The standard InChI is InChI=1S/C9H9F3N2/c10-6-3-1-2-5-8(6)14-4-7(13)9(5,11)12/h1-3,7,14H,4,13H2. The van der Waals surface area contributed by atoms with Crippen molar-refractivity contribution in [2.24, 2.45) is 5.73 Å². The van der Waals surface area contributed by atoms with Gasteiger partial charge in [0.25, 0.3) is 5.92 Å². The number of hydrogen-bond donors (Lipinski definition) is 2. The Hall–Kier alpha value is -1.23. The largest absolute Gasteiger partial charge is 0.380 e. The van der Waals surface area contributed by atoms with Gasteiger partial charge in [0.15, 0.2) is 0 Å². The average Bonchev–Trinajstić information content (AvgIpc) is 2.13. The lowest BCUT2D eigenvalue weighted by Gasteiger charge is -2.31. The molecule has 1 aliphatic heterocycles. The van der Waals surface area contributed by atoms with Gasteiger partial charge < -0.3 is 11.1 Å². The third kappa shape index (κ3) is 1.16. The Balaban J connectivity index is 2.59. The predicted molar refractivity (Wildman–Crippen MR) is 46.8 cm³/mol. The van der Waals surface area contributed by atoms with E-state index in [1.807, 2.05) is 0 Å². The number of halogens is 3. The minimum absolute atomic E-state index is 0.124. The maximum Gasteiger partial charge on any atom is 0.291 e. The molecule has 2 nitrogen and oxygen atoms in total. The van der Waals surface area contributed by atoms with E-state index in [0.29, 0.717) is 0 Å². The van der Waals surface area contributed by atoms with E-state index in [1.165, 1.54) is 12.1 Å². The first-order chi connectivity index (χ1) is 6.53.